The number of guanidine groups is 1. The second-order valence-electron chi connectivity index (χ2n) is 23.9. The lowest BCUT2D eigenvalue weighted by Gasteiger charge is -2.34. The standard InChI is InChI=1S/C59H91N17O16/c1-5-32(4)47(73-53(86)44-12-8-22-75(44)57(90)45-13-9-23-76(45)56(89)37(10-6-20-65-59(62)63)67-52(85)43-11-7-21-74(43)55(88)36(60)18-19-46(61)80)54(87)69-38(25-33-14-16-35(79)17-15-33)48(81)71-42(29-78)51(84)72-41(28-77)50(83)68-39(26-34-27-64-30-66-34)49(82)70-40(58(91)92)24-31(2)3/h14-17,27,30-32,36-45,47,77-79H,5-13,18-26,28-29,60H2,1-4H3,(H2,61,80)(H,64,66)(H,67,85)(H,68,83)(H,69,87)(H,70,82)(H,71,81)(H,72,84)(H,73,86)(H,91,92)(H4,62,63,65)/t32-,36-,37-,38-,39-,40-,41-,42-,43-,44-,45-,47-/m0/s1. The van der Waals surface area contributed by atoms with E-state index in [2.05, 4.69) is 52.2 Å². The Labute approximate surface area is 532 Å². The number of aromatic hydroxyl groups is 1. The first-order valence-corrected chi connectivity index (χ1v) is 31.0. The number of carboxylic acid groups (broad SMARTS) is 1. The van der Waals surface area contributed by atoms with Crippen molar-refractivity contribution in [2.24, 2.45) is 39.8 Å². The number of nitrogens with two attached hydrogens (primary N) is 4. The average molecular weight is 1290 g/mol. The molecule has 0 saturated carbocycles. The number of nitrogens with zero attached hydrogens (tertiary/aromatic N) is 5. The molecule has 5 rings (SSSR count). The molecule has 0 spiro atoms. The molecule has 33 heteroatoms. The van der Waals surface area contributed by atoms with Crippen LogP contribution in [0, 0.1) is 11.8 Å². The van der Waals surface area contributed by atoms with E-state index in [1.54, 1.807) is 27.7 Å². The molecule has 3 fully saturated rings. The molecule has 0 radical (unpaired) electrons. The summed E-state index contributed by atoms with van der Waals surface area (Å²) in [4.78, 5) is 179. The van der Waals surface area contributed by atoms with Crippen LogP contribution in [0.5, 0.6) is 5.75 Å². The van der Waals surface area contributed by atoms with Crippen LogP contribution in [0.4, 0.5) is 0 Å². The molecule has 0 aliphatic carbocycles. The zero-order chi connectivity index (χ0) is 67.9. The monoisotopic (exact) mass is 1290 g/mol. The largest absolute Gasteiger partial charge is 0.508 e. The molecular formula is C59H91N17O16. The van der Waals surface area contributed by atoms with Gasteiger partial charge in [0, 0.05) is 57.3 Å². The van der Waals surface area contributed by atoms with Crippen LogP contribution in [0.1, 0.15) is 116 Å². The number of aliphatic carboxylic acids is 1. The number of likely N-dealkylation sites (tertiary alicyclic amines) is 3. The number of primary amides is 1. The molecule has 0 unspecified atom stereocenters. The molecule has 20 N–H and O–H groups in total. The van der Waals surface area contributed by atoms with Gasteiger partial charge in [-0.2, -0.15) is 0 Å². The van der Waals surface area contributed by atoms with E-state index in [4.69, 9.17) is 22.9 Å². The number of nitrogens with one attached hydrogen (secondary N) is 8. The van der Waals surface area contributed by atoms with E-state index in [-0.39, 0.29) is 108 Å². The molecule has 11 amide bonds. The molecule has 92 heavy (non-hydrogen) atoms. The van der Waals surface area contributed by atoms with Gasteiger partial charge in [0.25, 0.3) is 0 Å². The number of phenolic OH excluding ortho intramolecular Hbond substituents is 1. The zero-order valence-electron chi connectivity index (χ0n) is 52.3. The lowest BCUT2D eigenvalue weighted by atomic mass is 9.96. The van der Waals surface area contributed by atoms with Crippen LogP contribution >= 0.6 is 0 Å². The third-order valence-electron chi connectivity index (χ3n) is 16.4. The van der Waals surface area contributed by atoms with Gasteiger partial charge >= 0.3 is 5.97 Å². The number of aromatic amines is 1. The Morgan fingerprint density at radius 2 is 1.15 bits per heavy atom. The van der Waals surface area contributed by atoms with Crippen molar-refractivity contribution in [3.05, 3.63) is 48.0 Å². The number of hydrogen-bond acceptors (Lipinski definition) is 18. The number of imidazole rings is 1. The first-order valence-electron chi connectivity index (χ1n) is 31.0. The number of aliphatic hydroxyl groups is 2. The number of H-pyrrole nitrogens is 1. The SMILES string of the molecule is CC[C@H](C)[C@H](NC(=O)[C@@H]1CCCN1C(=O)[C@@H]1CCCN1C(=O)[C@H](CCCN=C(N)N)NC(=O)[C@@H]1CCCN1C(=O)[C@@H](N)CCC(N)=O)C(=O)N[C@@H](Cc1ccc(O)cc1)C(=O)N[C@@H](CO)C(=O)N[C@@H](CO)C(=O)N[C@@H](Cc1cnc[nH]1)C(=O)N[C@@H](CC(C)C)C(=O)O. The molecule has 3 saturated heterocycles. The number of rotatable bonds is 35. The Hall–Kier alpha value is -8.98. The quantitative estimate of drug-likeness (QED) is 0.0175. The van der Waals surface area contributed by atoms with E-state index in [1.165, 1.54) is 51.5 Å². The highest BCUT2D eigenvalue weighted by molar-refractivity contribution is 5.99. The Bertz CT molecular complexity index is 2930. The van der Waals surface area contributed by atoms with Crippen molar-refractivity contribution < 1.29 is 78.0 Å². The lowest BCUT2D eigenvalue weighted by Crippen LogP contribution is -2.62. The van der Waals surface area contributed by atoms with E-state index in [1.807, 2.05) is 0 Å². The first kappa shape index (κ1) is 73.8. The van der Waals surface area contributed by atoms with Gasteiger partial charge in [-0.3, -0.25) is 57.7 Å². The minimum Gasteiger partial charge on any atom is -0.508 e. The highest BCUT2D eigenvalue weighted by Crippen LogP contribution is 2.28. The van der Waals surface area contributed by atoms with E-state index >= 15 is 0 Å². The van der Waals surface area contributed by atoms with Gasteiger partial charge in [0.15, 0.2) is 5.96 Å². The predicted octanol–water partition coefficient (Wildman–Crippen LogP) is -4.93. The van der Waals surface area contributed by atoms with Crippen LogP contribution < -0.4 is 60.2 Å². The molecule has 0 bridgehead atoms. The van der Waals surface area contributed by atoms with Crippen molar-refractivity contribution in [1.29, 1.82) is 0 Å². The molecule has 1 aromatic carbocycles. The Morgan fingerprint density at radius 3 is 1.68 bits per heavy atom. The highest BCUT2D eigenvalue weighted by atomic mass is 16.4. The number of carbonyl (C=O) groups excluding carboxylic acids is 11. The number of aliphatic hydroxyl groups excluding tert-OH is 2. The Balaban J connectivity index is 1.30. The first-order chi connectivity index (χ1) is 43.7. The number of carboxylic acids is 1. The number of aromatic nitrogens is 2. The van der Waals surface area contributed by atoms with Gasteiger partial charge in [-0.15, -0.1) is 0 Å². The molecule has 4 heterocycles. The van der Waals surface area contributed by atoms with Crippen molar-refractivity contribution >= 4 is 76.9 Å². The third kappa shape index (κ3) is 21.3. The average Bonchev–Trinajstić information content (AvgIpc) is 1.76. The van der Waals surface area contributed by atoms with E-state index < -0.39 is 157 Å². The Kier molecular flexibility index (Phi) is 28.5. The van der Waals surface area contributed by atoms with Gasteiger partial charge in [-0.05, 0) is 93.7 Å². The van der Waals surface area contributed by atoms with Crippen molar-refractivity contribution in [1.82, 2.24) is 61.9 Å². The van der Waals surface area contributed by atoms with Gasteiger partial charge in [-0.25, -0.2) is 9.78 Å². The number of amides is 11. The summed E-state index contributed by atoms with van der Waals surface area (Å²) in [7, 11) is 0. The van der Waals surface area contributed by atoms with Gasteiger partial charge in [0.05, 0.1) is 25.6 Å². The van der Waals surface area contributed by atoms with Crippen molar-refractivity contribution in [2.45, 2.75) is 184 Å². The molecule has 12 atom stereocenters. The molecule has 2 aromatic rings. The smallest absolute Gasteiger partial charge is 0.326 e. The van der Waals surface area contributed by atoms with Crippen LogP contribution in [-0.4, -0.2) is 228 Å². The number of aliphatic imine (C=N–C) groups is 1. The second-order valence-corrected chi connectivity index (χ2v) is 23.9. The predicted molar refractivity (Wildman–Crippen MR) is 329 cm³/mol. The highest BCUT2D eigenvalue weighted by Gasteiger charge is 2.46. The van der Waals surface area contributed by atoms with E-state index in [0.717, 1.165) is 0 Å². The van der Waals surface area contributed by atoms with E-state index in [0.29, 0.717) is 36.9 Å². The topological polar surface area (TPSA) is 525 Å². The van der Waals surface area contributed by atoms with Crippen molar-refractivity contribution in [2.75, 3.05) is 39.4 Å². The van der Waals surface area contributed by atoms with Gasteiger partial charge in [0.2, 0.25) is 65.0 Å². The molecule has 33 nitrogen and oxygen atoms in total. The molecular weight excluding hydrogens is 1200 g/mol. The van der Waals surface area contributed by atoms with Crippen LogP contribution in [0.25, 0.3) is 0 Å². The fourth-order valence-electron chi connectivity index (χ4n) is 11.2. The summed E-state index contributed by atoms with van der Waals surface area (Å²) in [6.07, 6.45) is 4.47. The maximum Gasteiger partial charge on any atom is 0.326 e. The molecule has 508 valence electrons. The maximum absolute atomic E-state index is 14.7. The summed E-state index contributed by atoms with van der Waals surface area (Å²) in [5, 5.41) is 58.3. The maximum atomic E-state index is 14.7. The van der Waals surface area contributed by atoms with Gasteiger partial charge in [-0.1, -0.05) is 46.2 Å². The summed E-state index contributed by atoms with van der Waals surface area (Å²) in [6.45, 7) is 5.31. The number of benzene rings is 1. The Morgan fingerprint density at radius 1 is 0.641 bits per heavy atom. The number of phenols is 1. The van der Waals surface area contributed by atoms with Crippen molar-refractivity contribution in [3.63, 3.8) is 0 Å². The summed E-state index contributed by atoms with van der Waals surface area (Å²) in [5.41, 5.74) is 23.2. The summed E-state index contributed by atoms with van der Waals surface area (Å²) < 4.78 is 0. The van der Waals surface area contributed by atoms with Crippen LogP contribution in [0.3, 0.4) is 0 Å². The second kappa shape index (κ2) is 35.6. The summed E-state index contributed by atoms with van der Waals surface area (Å²) in [6, 6.07) is -9.27. The number of hydrogen-bond donors (Lipinski definition) is 16. The van der Waals surface area contributed by atoms with Crippen molar-refractivity contribution in [3.8, 4) is 5.75 Å². The fourth-order valence-corrected chi connectivity index (χ4v) is 11.2. The van der Waals surface area contributed by atoms with Crippen LogP contribution in [0.15, 0.2) is 41.8 Å². The van der Waals surface area contributed by atoms with Gasteiger partial charge < -0.3 is 100 Å². The normalized spacial score (nSPS) is 19.2. The molecule has 1 aromatic heterocycles. The zero-order valence-corrected chi connectivity index (χ0v) is 52.3. The minimum absolute atomic E-state index is 0.0312. The fraction of sp³-hybridized carbons (Fsp3) is 0.627. The molecule has 3 aliphatic heterocycles. The summed E-state index contributed by atoms with van der Waals surface area (Å²) >= 11 is 0. The van der Waals surface area contributed by atoms with Crippen LogP contribution in [-0.2, 0) is 70.4 Å². The van der Waals surface area contributed by atoms with Gasteiger partial charge in [0.1, 0.15) is 66.2 Å². The molecule has 3 aliphatic rings. The lowest BCUT2D eigenvalue weighted by molar-refractivity contribution is -0.148. The van der Waals surface area contributed by atoms with E-state index in [9.17, 15) is 78.0 Å². The number of carbonyl (C=O) groups is 12. The third-order valence-corrected chi connectivity index (χ3v) is 16.4. The summed E-state index contributed by atoms with van der Waals surface area (Å²) in [5.74, 6) is -11.2. The minimum atomic E-state index is -1.84. The van der Waals surface area contributed by atoms with Crippen LogP contribution in [0.2, 0.25) is 0 Å².